The fourth-order valence-corrected chi connectivity index (χ4v) is 3.04. The number of aromatic nitrogens is 2. The van der Waals surface area contributed by atoms with E-state index in [1.165, 1.54) is 0 Å². The van der Waals surface area contributed by atoms with Crippen LogP contribution in [0.2, 0.25) is 0 Å². The standard InChI is InChI=1S/C16H12N4OS/c1-18-15-13-4-2-3-5-14(13)19-16(20-15)22(21)12-8-6-11(10-17)7-9-12/h2-9H,1H3,(H,18,19,20). The maximum absolute atomic E-state index is 12.6. The van der Waals surface area contributed by atoms with Gasteiger partial charge in [0.25, 0.3) is 0 Å². The van der Waals surface area contributed by atoms with Crippen LogP contribution in [-0.2, 0) is 10.8 Å². The van der Waals surface area contributed by atoms with Crippen LogP contribution in [-0.4, -0.2) is 21.2 Å². The molecule has 3 rings (SSSR count). The minimum atomic E-state index is -1.50. The van der Waals surface area contributed by atoms with Crippen molar-refractivity contribution >= 4 is 27.5 Å². The van der Waals surface area contributed by atoms with Crippen LogP contribution in [0.1, 0.15) is 5.56 Å². The molecule has 22 heavy (non-hydrogen) atoms. The summed E-state index contributed by atoms with van der Waals surface area (Å²) in [7, 11) is 0.270. The number of nitrogens with one attached hydrogen (secondary N) is 1. The first kappa shape index (κ1) is 14.2. The molecule has 6 heteroatoms. The minimum Gasteiger partial charge on any atom is -0.372 e. The number of anilines is 1. The van der Waals surface area contributed by atoms with Crippen LogP contribution >= 0.6 is 0 Å². The molecular formula is C16H12N4OS. The van der Waals surface area contributed by atoms with Crippen molar-refractivity contribution < 1.29 is 4.21 Å². The molecule has 1 unspecified atom stereocenters. The molecule has 0 saturated heterocycles. The molecule has 0 fully saturated rings. The fourth-order valence-electron chi connectivity index (χ4n) is 2.09. The Bertz CT molecular complexity index is 900. The number of benzene rings is 2. The van der Waals surface area contributed by atoms with Crippen LogP contribution in [0.3, 0.4) is 0 Å². The summed E-state index contributed by atoms with van der Waals surface area (Å²) in [6.07, 6.45) is 0. The van der Waals surface area contributed by atoms with Crippen molar-refractivity contribution in [1.82, 2.24) is 9.97 Å². The van der Waals surface area contributed by atoms with Crippen LogP contribution in [0.4, 0.5) is 5.82 Å². The summed E-state index contributed by atoms with van der Waals surface area (Å²) in [5, 5.41) is 12.9. The monoisotopic (exact) mass is 308 g/mol. The van der Waals surface area contributed by atoms with Gasteiger partial charge in [-0.05, 0) is 36.4 Å². The quantitative estimate of drug-likeness (QED) is 0.753. The highest BCUT2D eigenvalue weighted by Crippen LogP contribution is 2.22. The Morgan fingerprint density at radius 3 is 2.50 bits per heavy atom. The lowest BCUT2D eigenvalue weighted by atomic mass is 10.2. The normalized spacial score (nSPS) is 11.8. The zero-order valence-corrected chi connectivity index (χ0v) is 12.6. The van der Waals surface area contributed by atoms with E-state index in [-0.39, 0.29) is 5.16 Å². The lowest BCUT2D eigenvalue weighted by Gasteiger charge is -2.07. The molecule has 0 amide bonds. The van der Waals surface area contributed by atoms with Crippen LogP contribution in [0.25, 0.3) is 10.9 Å². The number of rotatable bonds is 3. The lowest BCUT2D eigenvalue weighted by Crippen LogP contribution is -2.04. The van der Waals surface area contributed by atoms with E-state index < -0.39 is 10.8 Å². The highest BCUT2D eigenvalue weighted by atomic mass is 32.2. The summed E-state index contributed by atoms with van der Waals surface area (Å²) >= 11 is 0. The largest absolute Gasteiger partial charge is 0.372 e. The smallest absolute Gasteiger partial charge is 0.226 e. The van der Waals surface area contributed by atoms with E-state index in [4.69, 9.17) is 5.26 Å². The van der Waals surface area contributed by atoms with Gasteiger partial charge in [0.15, 0.2) is 0 Å². The first-order valence-corrected chi connectivity index (χ1v) is 7.74. The van der Waals surface area contributed by atoms with Crippen molar-refractivity contribution in [2.45, 2.75) is 10.1 Å². The van der Waals surface area contributed by atoms with Gasteiger partial charge in [-0.1, -0.05) is 12.1 Å². The van der Waals surface area contributed by atoms with E-state index in [1.807, 2.05) is 30.3 Å². The number of nitrogens with zero attached hydrogens (tertiary/aromatic N) is 3. The summed E-state index contributed by atoms with van der Waals surface area (Å²) in [6, 6.07) is 16.2. The van der Waals surface area contributed by atoms with Crippen LogP contribution in [0.15, 0.2) is 58.6 Å². The Morgan fingerprint density at radius 1 is 1.09 bits per heavy atom. The van der Waals surface area contributed by atoms with E-state index in [9.17, 15) is 4.21 Å². The van der Waals surface area contributed by atoms with Gasteiger partial charge in [0.2, 0.25) is 5.16 Å². The summed E-state index contributed by atoms with van der Waals surface area (Å²) in [6.45, 7) is 0. The molecular weight excluding hydrogens is 296 g/mol. The van der Waals surface area contributed by atoms with Crippen LogP contribution < -0.4 is 5.32 Å². The fraction of sp³-hybridized carbons (Fsp3) is 0.0625. The van der Waals surface area contributed by atoms with Crippen LogP contribution in [0.5, 0.6) is 0 Å². The number of para-hydroxylation sites is 1. The average molecular weight is 308 g/mol. The Hall–Kier alpha value is -2.78. The van der Waals surface area contributed by atoms with Crippen LogP contribution in [0, 0.1) is 11.3 Å². The third-order valence-corrected chi connectivity index (χ3v) is 4.40. The van der Waals surface area contributed by atoms with Crippen molar-refractivity contribution in [1.29, 1.82) is 5.26 Å². The first-order chi connectivity index (χ1) is 10.7. The predicted octanol–water partition coefficient (Wildman–Crippen LogP) is 2.71. The Morgan fingerprint density at radius 2 is 1.82 bits per heavy atom. The van der Waals surface area contributed by atoms with Gasteiger partial charge < -0.3 is 5.32 Å². The second kappa shape index (κ2) is 5.92. The molecule has 5 nitrogen and oxygen atoms in total. The van der Waals surface area contributed by atoms with E-state index in [1.54, 1.807) is 31.3 Å². The zero-order valence-electron chi connectivity index (χ0n) is 11.8. The second-order valence-corrected chi connectivity index (χ2v) is 5.90. The molecule has 108 valence electrons. The third kappa shape index (κ3) is 2.54. The van der Waals surface area contributed by atoms with Crippen molar-refractivity contribution in [3.63, 3.8) is 0 Å². The highest BCUT2D eigenvalue weighted by molar-refractivity contribution is 7.85. The number of nitriles is 1. The first-order valence-electron chi connectivity index (χ1n) is 6.59. The zero-order chi connectivity index (χ0) is 15.5. The molecule has 0 radical (unpaired) electrons. The summed E-state index contributed by atoms with van der Waals surface area (Å²) in [5.74, 6) is 0.641. The van der Waals surface area contributed by atoms with Crippen molar-refractivity contribution in [3.8, 4) is 6.07 Å². The molecule has 3 aromatic rings. The van der Waals surface area contributed by atoms with Crippen molar-refractivity contribution in [2.24, 2.45) is 0 Å². The minimum absolute atomic E-state index is 0.243. The Labute approximate surface area is 130 Å². The molecule has 2 aromatic carbocycles. The molecule has 0 aliphatic carbocycles. The average Bonchev–Trinajstić information content (AvgIpc) is 2.60. The summed E-state index contributed by atoms with van der Waals surface area (Å²) < 4.78 is 12.6. The van der Waals surface area contributed by atoms with Gasteiger partial charge in [-0.15, -0.1) is 0 Å². The molecule has 0 aliphatic heterocycles. The molecule has 0 saturated carbocycles. The summed E-state index contributed by atoms with van der Waals surface area (Å²) in [5.41, 5.74) is 1.26. The van der Waals surface area contributed by atoms with Gasteiger partial charge in [0.05, 0.1) is 17.1 Å². The second-order valence-electron chi connectivity index (χ2n) is 4.53. The van der Waals surface area contributed by atoms with E-state index in [0.29, 0.717) is 16.3 Å². The van der Waals surface area contributed by atoms with Crippen molar-refractivity contribution in [3.05, 3.63) is 54.1 Å². The van der Waals surface area contributed by atoms with Gasteiger partial charge in [-0.3, -0.25) is 0 Å². The maximum atomic E-state index is 12.6. The molecule has 1 aromatic heterocycles. The van der Waals surface area contributed by atoms with Gasteiger partial charge in [-0.2, -0.15) is 5.26 Å². The topological polar surface area (TPSA) is 78.7 Å². The molecule has 0 bridgehead atoms. The van der Waals surface area contributed by atoms with Gasteiger partial charge >= 0.3 is 0 Å². The highest BCUT2D eigenvalue weighted by Gasteiger charge is 2.14. The third-order valence-electron chi connectivity index (χ3n) is 3.18. The molecule has 1 atom stereocenters. The van der Waals surface area contributed by atoms with Gasteiger partial charge in [0, 0.05) is 17.3 Å². The number of hydrogen-bond donors (Lipinski definition) is 1. The van der Waals surface area contributed by atoms with E-state index >= 15 is 0 Å². The molecule has 1 heterocycles. The Balaban J connectivity index is 2.08. The predicted molar refractivity (Wildman–Crippen MR) is 84.9 cm³/mol. The lowest BCUT2D eigenvalue weighted by molar-refractivity contribution is 0.676. The molecule has 0 aliphatic rings. The maximum Gasteiger partial charge on any atom is 0.226 e. The number of fused-ring (bicyclic) bond motifs is 1. The molecule has 1 N–H and O–H groups in total. The van der Waals surface area contributed by atoms with Crippen molar-refractivity contribution in [2.75, 3.05) is 12.4 Å². The molecule has 0 spiro atoms. The Kier molecular flexibility index (Phi) is 3.81. The van der Waals surface area contributed by atoms with Gasteiger partial charge in [0.1, 0.15) is 16.6 Å². The van der Waals surface area contributed by atoms with Gasteiger partial charge in [-0.25, -0.2) is 14.2 Å². The van der Waals surface area contributed by atoms with E-state index in [2.05, 4.69) is 15.3 Å². The number of hydrogen-bond acceptors (Lipinski definition) is 5. The summed E-state index contributed by atoms with van der Waals surface area (Å²) in [4.78, 5) is 9.30. The van der Waals surface area contributed by atoms with E-state index in [0.717, 1.165) is 10.9 Å². The SMILES string of the molecule is CNc1nc(S(=O)c2ccc(C#N)cc2)nc2ccccc12.